The number of hydrogen-bond acceptors (Lipinski definition) is 2. The van der Waals surface area contributed by atoms with Crippen LogP contribution in [-0.2, 0) is 12.2 Å². The van der Waals surface area contributed by atoms with Crippen molar-refractivity contribution in [3.8, 4) is 0 Å². The second kappa shape index (κ2) is 5.71. The average Bonchev–Trinajstić information content (AvgIpc) is 2.82. The van der Waals surface area contributed by atoms with E-state index in [9.17, 15) is 0 Å². The fraction of sp³-hybridized carbons (Fsp3) is 0.235. The number of aromatic nitrogens is 2. The third-order valence-corrected chi connectivity index (χ3v) is 4.60. The summed E-state index contributed by atoms with van der Waals surface area (Å²) in [6, 6.07) is 10.6. The minimum absolute atomic E-state index is 0.959. The Labute approximate surface area is 123 Å². The van der Waals surface area contributed by atoms with E-state index in [1.807, 2.05) is 24.2 Å². The van der Waals surface area contributed by atoms with Gasteiger partial charge >= 0.3 is 0 Å². The molecule has 102 valence electrons. The maximum absolute atomic E-state index is 4.59. The van der Waals surface area contributed by atoms with Crippen LogP contribution in [0, 0.1) is 6.92 Å². The van der Waals surface area contributed by atoms with Crippen molar-refractivity contribution in [2.45, 2.75) is 31.0 Å². The van der Waals surface area contributed by atoms with Gasteiger partial charge in [-0.1, -0.05) is 49.0 Å². The smallest absolute Gasteiger partial charge is 0.121 e. The molecular formula is C17H18N2S. The molecule has 2 nitrogen and oxygen atoms in total. The van der Waals surface area contributed by atoms with Gasteiger partial charge in [0, 0.05) is 24.3 Å². The van der Waals surface area contributed by atoms with Gasteiger partial charge in [0.15, 0.2) is 0 Å². The minimum Gasteiger partial charge on any atom is -0.319 e. The molecule has 0 fully saturated rings. The van der Waals surface area contributed by atoms with Crippen LogP contribution >= 0.6 is 11.8 Å². The van der Waals surface area contributed by atoms with E-state index < -0.39 is 0 Å². The summed E-state index contributed by atoms with van der Waals surface area (Å²) in [5.74, 6) is 0.959. The standard InChI is InChI=1S/C17H18N2S/c1-3-15-13(2)11-19-10-9-18-17(16(15)19)20-12-14-7-5-4-6-8-14/h4-11H,3,12H2,1-2H3. The van der Waals surface area contributed by atoms with Gasteiger partial charge in [0.05, 0.1) is 5.52 Å². The molecule has 20 heavy (non-hydrogen) atoms. The molecule has 2 heterocycles. The van der Waals surface area contributed by atoms with Crippen LogP contribution in [-0.4, -0.2) is 9.38 Å². The number of rotatable bonds is 4. The Morgan fingerprint density at radius 3 is 2.75 bits per heavy atom. The molecule has 0 aliphatic carbocycles. The van der Waals surface area contributed by atoms with Gasteiger partial charge in [-0.25, -0.2) is 4.98 Å². The van der Waals surface area contributed by atoms with E-state index in [1.165, 1.54) is 22.2 Å². The van der Waals surface area contributed by atoms with Crippen LogP contribution in [0.1, 0.15) is 23.6 Å². The second-order valence-corrected chi connectivity index (χ2v) is 5.87. The number of benzene rings is 1. The zero-order valence-electron chi connectivity index (χ0n) is 11.8. The fourth-order valence-electron chi connectivity index (χ4n) is 2.56. The third-order valence-electron chi connectivity index (χ3n) is 3.55. The maximum atomic E-state index is 4.59. The van der Waals surface area contributed by atoms with E-state index in [1.54, 1.807) is 0 Å². The van der Waals surface area contributed by atoms with Crippen molar-refractivity contribution in [3.63, 3.8) is 0 Å². The Kier molecular flexibility index (Phi) is 3.79. The molecule has 0 spiro atoms. The maximum Gasteiger partial charge on any atom is 0.121 e. The molecule has 0 radical (unpaired) electrons. The minimum atomic E-state index is 0.959. The molecule has 3 rings (SSSR count). The van der Waals surface area contributed by atoms with Crippen LogP contribution in [0.5, 0.6) is 0 Å². The van der Waals surface area contributed by atoms with Crippen molar-refractivity contribution in [2.24, 2.45) is 0 Å². The highest BCUT2D eigenvalue weighted by Crippen LogP contribution is 2.29. The number of aryl methyl sites for hydroxylation is 2. The predicted octanol–water partition coefficient (Wildman–Crippen LogP) is 4.50. The first-order valence-electron chi connectivity index (χ1n) is 6.91. The van der Waals surface area contributed by atoms with Gasteiger partial charge in [-0.15, -0.1) is 0 Å². The predicted molar refractivity (Wildman–Crippen MR) is 85.3 cm³/mol. The SMILES string of the molecule is CCc1c(C)cn2ccnc(SCc3ccccc3)c12. The number of fused-ring (bicyclic) bond motifs is 1. The van der Waals surface area contributed by atoms with Gasteiger partial charge in [0.25, 0.3) is 0 Å². The fourth-order valence-corrected chi connectivity index (χ4v) is 3.56. The van der Waals surface area contributed by atoms with E-state index in [0.717, 1.165) is 17.2 Å². The monoisotopic (exact) mass is 282 g/mol. The Morgan fingerprint density at radius 1 is 1.20 bits per heavy atom. The van der Waals surface area contributed by atoms with Gasteiger partial charge in [0.1, 0.15) is 5.03 Å². The third kappa shape index (κ3) is 2.46. The Morgan fingerprint density at radius 2 is 2.00 bits per heavy atom. The largest absolute Gasteiger partial charge is 0.319 e. The van der Waals surface area contributed by atoms with Crippen molar-refractivity contribution in [1.82, 2.24) is 9.38 Å². The summed E-state index contributed by atoms with van der Waals surface area (Å²) < 4.78 is 2.20. The summed E-state index contributed by atoms with van der Waals surface area (Å²) in [7, 11) is 0. The number of nitrogens with zero attached hydrogens (tertiary/aromatic N) is 2. The van der Waals surface area contributed by atoms with Crippen LogP contribution in [0.25, 0.3) is 5.52 Å². The molecule has 0 amide bonds. The Bertz CT molecular complexity index is 716. The Balaban J connectivity index is 1.95. The van der Waals surface area contributed by atoms with E-state index in [-0.39, 0.29) is 0 Å². The zero-order chi connectivity index (χ0) is 13.9. The van der Waals surface area contributed by atoms with Crippen LogP contribution in [0.4, 0.5) is 0 Å². The lowest BCUT2D eigenvalue weighted by molar-refractivity contribution is 1.03. The molecular weight excluding hydrogens is 264 g/mol. The topological polar surface area (TPSA) is 17.3 Å². The molecule has 3 heteroatoms. The van der Waals surface area contributed by atoms with Crippen molar-refractivity contribution in [3.05, 3.63) is 65.6 Å². The first kappa shape index (κ1) is 13.3. The first-order chi connectivity index (χ1) is 9.79. The molecule has 0 atom stereocenters. The molecule has 3 aromatic rings. The molecule has 1 aromatic carbocycles. The molecule has 0 aliphatic rings. The highest BCUT2D eigenvalue weighted by Gasteiger charge is 2.11. The first-order valence-corrected chi connectivity index (χ1v) is 7.90. The summed E-state index contributed by atoms with van der Waals surface area (Å²) in [6.45, 7) is 4.39. The van der Waals surface area contributed by atoms with Gasteiger partial charge in [-0.05, 0) is 30.0 Å². The van der Waals surface area contributed by atoms with Crippen LogP contribution in [0.2, 0.25) is 0 Å². The molecule has 0 aliphatic heterocycles. The lowest BCUT2D eigenvalue weighted by atomic mass is 10.1. The van der Waals surface area contributed by atoms with Gasteiger partial charge in [-0.2, -0.15) is 0 Å². The molecule has 0 saturated heterocycles. The molecule has 0 unspecified atom stereocenters. The van der Waals surface area contributed by atoms with Crippen molar-refractivity contribution >= 4 is 17.3 Å². The lowest BCUT2D eigenvalue weighted by Crippen LogP contribution is -1.91. The van der Waals surface area contributed by atoms with Gasteiger partial charge < -0.3 is 4.40 Å². The van der Waals surface area contributed by atoms with Gasteiger partial charge in [-0.3, -0.25) is 0 Å². The summed E-state index contributed by atoms with van der Waals surface area (Å²) >= 11 is 1.81. The lowest BCUT2D eigenvalue weighted by Gasteiger charge is -2.06. The normalized spacial score (nSPS) is 11.1. The molecule has 0 N–H and O–H groups in total. The zero-order valence-corrected chi connectivity index (χ0v) is 12.7. The van der Waals surface area contributed by atoms with Crippen LogP contribution in [0.15, 0.2) is 53.9 Å². The van der Waals surface area contributed by atoms with E-state index in [2.05, 4.69) is 59.8 Å². The molecule has 2 aromatic heterocycles. The summed E-state index contributed by atoms with van der Waals surface area (Å²) in [4.78, 5) is 4.59. The van der Waals surface area contributed by atoms with Crippen molar-refractivity contribution in [2.75, 3.05) is 0 Å². The van der Waals surface area contributed by atoms with Crippen LogP contribution < -0.4 is 0 Å². The van der Waals surface area contributed by atoms with Gasteiger partial charge in [0.2, 0.25) is 0 Å². The number of thioether (sulfide) groups is 1. The summed E-state index contributed by atoms with van der Waals surface area (Å²) in [5.41, 5.74) is 5.37. The van der Waals surface area contributed by atoms with Crippen molar-refractivity contribution in [1.29, 1.82) is 0 Å². The molecule has 0 saturated carbocycles. The number of hydrogen-bond donors (Lipinski definition) is 0. The van der Waals surface area contributed by atoms with E-state index in [0.29, 0.717) is 0 Å². The second-order valence-electron chi connectivity index (χ2n) is 4.91. The molecule has 0 bridgehead atoms. The van der Waals surface area contributed by atoms with Crippen LogP contribution in [0.3, 0.4) is 0 Å². The van der Waals surface area contributed by atoms with Crippen molar-refractivity contribution < 1.29 is 0 Å². The Hall–Kier alpha value is -1.74. The van der Waals surface area contributed by atoms with E-state index in [4.69, 9.17) is 0 Å². The average molecular weight is 282 g/mol. The summed E-state index contributed by atoms with van der Waals surface area (Å²) in [6.07, 6.45) is 7.17. The van der Waals surface area contributed by atoms with E-state index >= 15 is 0 Å². The highest BCUT2D eigenvalue weighted by atomic mass is 32.2. The summed E-state index contributed by atoms with van der Waals surface area (Å²) in [5, 5.41) is 1.13. The highest BCUT2D eigenvalue weighted by molar-refractivity contribution is 7.98. The quantitative estimate of drug-likeness (QED) is 0.656.